The third-order valence-electron chi connectivity index (χ3n) is 3.91. The number of anilines is 1. The lowest BCUT2D eigenvalue weighted by atomic mass is 10.1. The Balaban J connectivity index is 2.08. The molecule has 0 heterocycles. The van der Waals surface area contributed by atoms with E-state index in [1.54, 1.807) is 34.5 Å². The smallest absolute Gasteiger partial charge is 0.171 e. The van der Waals surface area contributed by atoms with Crippen LogP contribution >= 0.6 is 12.2 Å². The Morgan fingerprint density at radius 3 is 2.15 bits per heavy atom. The molecule has 7 heteroatoms. The SMILES string of the molecule is COc1ccc(NC(=S)NC(C)c2ccc(OC)c(OC)c2)c(OC)c1. The Kier molecular flexibility index (Phi) is 6.91. The highest BCUT2D eigenvalue weighted by Crippen LogP contribution is 2.31. The molecule has 140 valence electrons. The average Bonchev–Trinajstić information content (AvgIpc) is 2.67. The van der Waals surface area contributed by atoms with Gasteiger partial charge in [0.25, 0.3) is 0 Å². The Morgan fingerprint density at radius 1 is 0.846 bits per heavy atom. The van der Waals surface area contributed by atoms with Crippen molar-refractivity contribution in [1.82, 2.24) is 5.32 Å². The molecule has 0 spiro atoms. The van der Waals surface area contributed by atoms with Gasteiger partial charge in [0.15, 0.2) is 16.6 Å². The first-order valence-electron chi connectivity index (χ1n) is 8.03. The van der Waals surface area contributed by atoms with Gasteiger partial charge in [-0.2, -0.15) is 0 Å². The van der Waals surface area contributed by atoms with E-state index in [1.807, 2.05) is 37.3 Å². The second-order valence-corrected chi connectivity index (χ2v) is 5.91. The third kappa shape index (κ3) is 4.70. The molecule has 6 nitrogen and oxygen atoms in total. The van der Waals surface area contributed by atoms with Gasteiger partial charge in [-0.15, -0.1) is 0 Å². The summed E-state index contributed by atoms with van der Waals surface area (Å²) in [6, 6.07) is 11.2. The van der Waals surface area contributed by atoms with Gasteiger partial charge < -0.3 is 29.6 Å². The lowest BCUT2D eigenvalue weighted by Crippen LogP contribution is -2.31. The number of rotatable bonds is 7. The number of ether oxygens (including phenoxy) is 4. The first-order valence-corrected chi connectivity index (χ1v) is 8.44. The number of hydrogen-bond acceptors (Lipinski definition) is 5. The van der Waals surface area contributed by atoms with Gasteiger partial charge in [-0.05, 0) is 49.0 Å². The molecule has 0 aliphatic heterocycles. The maximum atomic E-state index is 5.43. The van der Waals surface area contributed by atoms with E-state index in [1.165, 1.54) is 0 Å². The van der Waals surface area contributed by atoms with Crippen molar-refractivity contribution in [2.75, 3.05) is 33.8 Å². The molecule has 0 aliphatic rings. The fraction of sp³-hybridized carbons (Fsp3) is 0.316. The number of benzene rings is 2. The van der Waals surface area contributed by atoms with E-state index in [0.717, 1.165) is 11.3 Å². The summed E-state index contributed by atoms with van der Waals surface area (Å²) in [5.74, 6) is 2.72. The topological polar surface area (TPSA) is 61.0 Å². The van der Waals surface area contributed by atoms with Crippen molar-refractivity contribution in [1.29, 1.82) is 0 Å². The Bertz CT molecular complexity index is 767. The predicted molar refractivity (Wildman–Crippen MR) is 107 cm³/mol. The first-order chi connectivity index (χ1) is 12.5. The van der Waals surface area contributed by atoms with Gasteiger partial charge >= 0.3 is 0 Å². The van der Waals surface area contributed by atoms with Crippen LogP contribution in [-0.4, -0.2) is 33.6 Å². The van der Waals surface area contributed by atoms with Crippen LogP contribution in [0.1, 0.15) is 18.5 Å². The molecule has 0 saturated heterocycles. The minimum absolute atomic E-state index is 0.0287. The van der Waals surface area contributed by atoms with Crippen LogP contribution < -0.4 is 29.6 Å². The molecule has 0 aromatic heterocycles. The number of thiocarbonyl (C=S) groups is 1. The van der Waals surface area contributed by atoms with Crippen LogP contribution in [0.3, 0.4) is 0 Å². The van der Waals surface area contributed by atoms with E-state index in [-0.39, 0.29) is 6.04 Å². The summed E-state index contributed by atoms with van der Waals surface area (Å²) in [4.78, 5) is 0. The van der Waals surface area contributed by atoms with Gasteiger partial charge in [0, 0.05) is 6.07 Å². The number of methoxy groups -OCH3 is 4. The molecule has 2 N–H and O–H groups in total. The monoisotopic (exact) mass is 376 g/mol. The van der Waals surface area contributed by atoms with Crippen LogP contribution in [0.5, 0.6) is 23.0 Å². The zero-order valence-electron chi connectivity index (χ0n) is 15.6. The molecule has 0 bridgehead atoms. The molecule has 2 aromatic carbocycles. The fourth-order valence-corrected chi connectivity index (χ4v) is 2.75. The van der Waals surface area contributed by atoms with Crippen LogP contribution in [0.25, 0.3) is 0 Å². The van der Waals surface area contributed by atoms with E-state index in [0.29, 0.717) is 28.1 Å². The van der Waals surface area contributed by atoms with Crippen LogP contribution in [0.4, 0.5) is 5.69 Å². The molecule has 1 unspecified atom stereocenters. The van der Waals surface area contributed by atoms with Gasteiger partial charge in [0.2, 0.25) is 0 Å². The minimum atomic E-state index is -0.0287. The minimum Gasteiger partial charge on any atom is -0.497 e. The van der Waals surface area contributed by atoms with E-state index in [4.69, 9.17) is 31.2 Å². The van der Waals surface area contributed by atoms with Gasteiger partial charge in [-0.1, -0.05) is 6.07 Å². The molecule has 0 amide bonds. The maximum Gasteiger partial charge on any atom is 0.171 e. The van der Waals surface area contributed by atoms with Crippen molar-refractivity contribution in [2.24, 2.45) is 0 Å². The summed E-state index contributed by atoms with van der Waals surface area (Å²) >= 11 is 5.43. The van der Waals surface area contributed by atoms with Crippen molar-refractivity contribution in [3.63, 3.8) is 0 Å². The summed E-state index contributed by atoms with van der Waals surface area (Å²) in [5.41, 5.74) is 1.78. The average molecular weight is 376 g/mol. The van der Waals surface area contributed by atoms with Gasteiger partial charge in [0.05, 0.1) is 40.2 Å². The van der Waals surface area contributed by atoms with E-state index in [2.05, 4.69) is 10.6 Å². The highest BCUT2D eigenvalue weighted by Gasteiger charge is 2.13. The molecule has 2 rings (SSSR count). The highest BCUT2D eigenvalue weighted by atomic mass is 32.1. The quantitative estimate of drug-likeness (QED) is 0.713. The lowest BCUT2D eigenvalue weighted by molar-refractivity contribution is 0.354. The van der Waals surface area contributed by atoms with E-state index in [9.17, 15) is 0 Å². The molecule has 1 atom stereocenters. The summed E-state index contributed by atoms with van der Waals surface area (Å²) in [5, 5.41) is 6.88. The second-order valence-electron chi connectivity index (χ2n) is 5.50. The molecule has 26 heavy (non-hydrogen) atoms. The lowest BCUT2D eigenvalue weighted by Gasteiger charge is -2.19. The summed E-state index contributed by atoms with van der Waals surface area (Å²) in [7, 11) is 6.43. The Labute approximate surface area is 159 Å². The predicted octanol–water partition coefficient (Wildman–Crippen LogP) is 3.77. The largest absolute Gasteiger partial charge is 0.497 e. The van der Waals surface area contributed by atoms with Crippen molar-refractivity contribution in [3.05, 3.63) is 42.0 Å². The van der Waals surface area contributed by atoms with Crippen molar-refractivity contribution in [3.8, 4) is 23.0 Å². The molecule has 0 fully saturated rings. The summed E-state index contributed by atoms with van der Waals surface area (Å²) in [6.07, 6.45) is 0. The van der Waals surface area contributed by atoms with Crippen molar-refractivity contribution in [2.45, 2.75) is 13.0 Å². The molecule has 0 aliphatic carbocycles. The summed E-state index contributed by atoms with van der Waals surface area (Å²) in [6.45, 7) is 2.01. The molecule has 2 aromatic rings. The number of nitrogens with one attached hydrogen (secondary N) is 2. The molecular formula is C19H24N2O4S. The Hall–Kier alpha value is -2.67. The van der Waals surface area contributed by atoms with Gasteiger partial charge in [-0.25, -0.2) is 0 Å². The Morgan fingerprint density at radius 2 is 1.54 bits per heavy atom. The zero-order valence-corrected chi connectivity index (χ0v) is 16.4. The van der Waals surface area contributed by atoms with Crippen molar-refractivity contribution < 1.29 is 18.9 Å². The number of hydrogen-bond donors (Lipinski definition) is 2. The van der Waals surface area contributed by atoms with Crippen LogP contribution in [0, 0.1) is 0 Å². The normalized spacial score (nSPS) is 11.3. The van der Waals surface area contributed by atoms with Gasteiger partial charge in [-0.3, -0.25) is 0 Å². The first kappa shape index (κ1) is 19.7. The molecule has 0 saturated carbocycles. The molecule has 0 radical (unpaired) electrons. The summed E-state index contributed by atoms with van der Waals surface area (Å²) < 4.78 is 21.2. The second kappa shape index (κ2) is 9.15. The zero-order chi connectivity index (χ0) is 19.1. The standard InChI is InChI=1S/C19H24N2O4S/c1-12(13-6-9-16(23-3)18(10-13)25-5)20-19(26)21-15-8-7-14(22-2)11-17(15)24-4/h6-12H,1-5H3,(H2,20,21,26). The fourth-order valence-electron chi connectivity index (χ4n) is 2.46. The van der Waals surface area contributed by atoms with Gasteiger partial charge in [0.1, 0.15) is 11.5 Å². The third-order valence-corrected chi connectivity index (χ3v) is 4.13. The van der Waals surface area contributed by atoms with E-state index < -0.39 is 0 Å². The molecular weight excluding hydrogens is 352 g/mol. The van der Waals surface area contributed by atoms with Crippen LogP contribution in [0.2, 0.25) is 0 Å². The van der Waals surface area contributed by atoms with Crippen LogP contribution in [-0.2, 0) is 0 Å². The maximum absolute atomic E-state index is 5.43. The van der Waals surface area contributed by atoms with Crippen molar-refractivity contribution >= 4 is 23.0 Å². The van der Waals surface area contributed by atoms with E-state index >= 15 is 0 Å². The van der Waals surface area contributed by atoms with Crippen LogP contribution in [0.15, 0.2) is 36.4 Å². The highest BCUT2D eigenvalue weighted by molar-refractivity contribution is 7.80.